The predicted octanol–water partition coefficient (Wildman–Crippen LogP) is 2.17. The SMILES string of the molecule is CC(C)(C)c1cc(=O)[nH]c(CC(F)(F)F)n1. The van der Waals surface area contributed by atoms with Gasteiger partial charge in [0, 0.05) is 11.5 Å². The minimum Gasteiger partial charge on any atom is -0.310 e. The Bertz CT molecular complexity index is 429. The molecule has 0 saturated heterocycles. The maximum atomic E-state index is 12.1. The molecule has 0 spiro atoms. The van der Waals surface area contributed by atoms with Crippen molar-refractivity contribution in [1.82, 2.24) is 9.97 Å². The maximum absolute atomic E-state index is 12.1. The minimum absolute atomic E-state index is 0.343. The number of aromatic nitrogens is 2. The van der Waals surface area contributed by atoms with Crippen molar-refractivity contribution < 1.29 is 13.2 Å². The highest BCUT2D eigenvalue weighted by Crippen LogP contribution is 2.21. The van der Waals surface area contributed by atoms with Gasteiger partial charge < -0.3 is 4.98 Å². The lowest BCUT2D eigenvalue weighted by Gasteiger charge is -2.18. The van der Waals surface area contributed by atoms with Gasteiger partial charge in [-0.3, -0.25) is 4.79 Å². The van der Waals surface area contributed by atoms with Crippen LogP contribution in [0.15, 0.2) is 10.9 Å². The van der Waals surface area contributed by atoms with Gasteiger partial charge in [-0.05, 0) is 0 Å². The molecule has 1 rings (SSSR count). The maximum Gasteiger partial charge on any atom is 0.396 e. The first-order chi connectivity index (χ1) is 7.08. The van der Waals surface area contributed by atoms with E-state index in [1.165, 1.54) is 6.07 Å². The molecule has 0 atom stereocenters. The number of rotatable bonds is 1. The molecule has 3 nitrogen and oxygen atoms in total. The molecule has 1 N–H and O–H groups in total. The highest BCUT2D eigenvalue weighted by Gasteiger charge is 2.30. The zero-order valence-electron chi connectivity index (χ0n) is 9.27. The van der Waals surface area contributed by atoms with E-state index >= 15 is 0 Å². The van der Waals surface area contributed by atoms with Crippen LogP contribution in [0.25, 0.3) is 0 Å². The molecule has 6 heteroatoms. The van der Waals surface area contributed by atoms with Gasteiger partial charge in [-0.25, -0.2) is 4.98 Å². The van der Waals surface area contributed by atoms with E-state index in [0.29, 0.717) is 5.69 Å². The van der Waals surface area contributed by atoms with Crippen LogP contribution in [0.4, 0.5) is 13.2 Å². The molecule has 0 bridgehead atoms. The molecular formula is C10H13F3N2O. The first-order valence-electron chi connectivity index (χ1n) is 4.75. The van der Waals surface area contributed by atoms with Crippen molar-refractivity contribution in [3.05, 3.63) is 27.9 Å². The second kappa shape index (κ2) is 3.92. The Morgan fingerprint density at radius 1 is 1.31 bits per heavy atom. The van der Waals surface area contributed by atoms with Gasteiger partial charge in [-0.15, -0.1) is 0 Å². The Morgan fingerprint density at radius 2 is 1.88 bits per heavy atom. The van der Waals surface area contributed by atoms with Crippen LogP contribution < -0.4 is 5.56 Å². The number of halogens is 3. The molecule has 0 unspecified atom stereocenters. The first-order valence-corrected chi connectivity index (χ1v) is 4.75. The van der Waals surface area contributed by atoms with E-state index in [9.17, 15) is 18.0 Å². The Morgan fingerprint density at radius 3 is 2.31 bits per heavy atom. The van der Waals surface area contributed by atoms with Gasteiger partial charge in [0.05, 0.1) is 5.69 Å². The van der Waals surface area contributed by atoms with Crippen LogP contribution >= 0.6 is 0 Å². The summed E-state index contributed by atoms with van der Waals surface area (Å²) in [5, 5.41) is 0. The Hall–Kier alpha value is -1.33. The highest BCUT2D eigenvalue weighted by molar-refractivity contribution is 5.12. The lowest BCUT2D eigenvalue weighted by molar-refractivity contribution is -0.128. The summed E-state index contributed by atoms with van der Waals surface area (Å²) in [6, 6.07) is 1.22. The molecule has 1 aromatic heterocycles. The predicted molar refractivity (Wildman–Crippen MR) is 53.3 cm³/mol. The topological polar surface area (TPSA) is 45.8 Å². The van der Waals surface area contributed by atoms with Crippen LogP contribution in [0, 0.1) is 0 Å². The first kappa shape index (κ1) is 12.7. The Labute approximate surface area is 90.7 Å². The van der Waals surface area contributed by atoms with Gasteiger partial charge in [-0.1, -0.05) is 20.8 Å². The third-order valence-corrected chi connectivity index (χ3v) is 1.93. The van der Waals surface area contributed by atoms with Crippen molar-refractivity contribution in [1.29, 1.82) is 0 Å². The molecule has 0 saturated carbocycles. The van der Waals surface area contributed by atoms with Gasteiger partial charge >= 0.3 is 6.18 Å². The molecule has 1 aromatic rings. The molecule has 16 heavy (non-hydrogen) atoms. The molecule has 0 radical (unpaired) electrons. The molecule has 1 heterocycles. The lowest BCUT2D eigenvalue weighted by atomic mass is 9.92. The van der Waals surface area contributed by atoms with E-state index < -0.39 is 23.6 Å². The smallest absolute Gasteiger partial charge is 0.310 e. The second-order valence-electron chi connectivity index (χ2n) is 4.62. The lowest BCUT2D eigenvalue weighted by Crippen LogP contribution is -2.24. The van der Waals surface area contributed by atoms with Gasteiger partial charge in [-0.2, -0.15) is 13.2 Å². The van der Waals surface area contributed by atoms with Crippen LogP contribution in [0.2, 0.25) is 0 Å². The molecule has 0 aliphatic carbocycles. The highest BCUT2D eigenvalue weighted by atomic mass is 19.4. The Kier molecular flexibility index (Phi) is 3.12. The van der Waals surface area contributed by atoms with Crippen molar-refractivity contribution in [2.24, 2.45) is 0 Å². The third kappa shape index (κ3) is 3.67. The van der Waals surface area contributed by atoms with Crippen LogP contribution in [0.3, 0.4) is 0 Å². The van der Waals surface area contributed by atoms with Crippen molar-refractivity contribution >= 4 is 0 Å². The van der Waals surface area contributed by atoms with Gasteiger partial charge in [0.15, 0.2) is 0 Å². The summed E-state index contributed by atoms with van der Waals surface area (Å²) in [6.45, 7) is 5.35. The van der Waals surface area contributed by atoms with E-state index in [1.54, 1.807) is 20.8 Å². The van der Waals surface area contributed by atoms with E-state index in [-0.39, 0.29) is 5.82 Å². The van der Waals surface area contributed by atoms with E-state index in [2.05, 4.69) is 9.97 Å². The molecule has 0 aromatic carbocycles. The normalized spacial score (nSPS) is 12.9. The van der Waals surface area contributed by atoms with E-state index in [0.717, 1.165) is 0 Å². The van der Waals surface area contributed by atoms with Crippen molar-refractivity contribution in [2.75, 3.05) is 0 Å². The van der Waals surface area contributed by atoms with E-state index in [4.69, 9.17) is 0 Å². The fraction of sp³-hybridized carbons (Fsp3) is 0.600. The van der Waals surface area contributed by atoms with Crippen molar-refractivity contribution in [2.45, 2.75) is 38.8 Å². The summed E-state index contributed by atoms with van der Waals surface area (Å²) in [5.74, 6) is -0.343. The monoisotopic (exact) mass is 234 g/mol. The third-order valence-electron chi connectivity index (χ3n) is 1.93. The average Bonchev–Trinajstić information content (AvgIpc) is 1.97. The summed E-state index contributed by atoms with van der Waals surface area (Å²) in [6.07, 6.45) is -5.58. The Balaban J connectivity index is 3.14. The number of hydrogen-bond donors (Lipinski definition) is 1. The van der Waals surface area contributed by atoms with Gasteiger partial charge in [0.2, 0.25) is 0 Å². The van der Waals surface area contributed by atoms with Crippen molar-refractivity contribution in [3.63, 3.8) is 0 Å². The molecule has 90 valence electrons. The molecule has 0 aliphatic heterocycles. The summed E-state index contributed by atoms with van der Waals surface area (Å²) in [7, 11) is 0. The summed E-state index contributed by atoms with van der Waals surface area (Å²) in [5.41, 5.74) is -0.649. The average molecular weight is 234 g/mol. The summed E-state index contributed by atoms with van der Waals surface area (Å²) >= 11 is 0. The number of aromatic amines is 1. The number of alkyl halides is 3. The zero-order chi connectivity index (χ0) is 12.6. The number of nitrogens with one attached hydrogen (secondary N) is 1. The number of H-pyrrole nitrogens is 1. The molecular weight excluding hydrogens is 221 g/mol. The van der Waals surface area contributed by atoms with Crippen LogP contribution in [0.1, 0.15) is 32.3 Å². The molecule has 0 fully saturated rings. The second-order valence-corrected chi connectivity index (χ2v) is 4.62. The van der Waals surface area contributed by atoms with Crippen LogP contribution in [0.5, 0.6) is 0 Å². The van der Waals surface area contributed by atoms with Gasteiger partial charge in [0.25, 0.3) is 5.56 Å². The molecule has 0 aliphatic rings. The van der Waals surface area contributed by atoms with Crippen LogP contribution in [-0.4, -0.2) is 16.1 Å². The largest absolute Gasteiger partial charge is 0.396 e. The van der Waals surface area contributed by atoms with Crippen molar-refractivity contribution in [3.8, 4) is 0 Å². The molecule has 0 amide bonds. The fourth-order valence-electron chi connectivity index (χ4n) is 1.17. The van der Waals surface area contributed by atoms with E-state index in [1.807, 2.05) is 0 Å². The zero-order valence-corrected chi connectivity index (χ0v) is 9.27. The summed E-state index contributed by atoms with van der Waals surface area (Å²) in [4.78, 5) is 17.1. The van der Waals surface area contributed by atoms with Crippen LogP contribution in [-0.2, 0) is 11.8 Å². The summed E-state index contributed by atoms with van der Waals surface area (Å²) < 4.78 is 36.4. The van der Waals surface area contributed by atoms with Gasteiger partial charge in [0.1, 0.15) is 12.2 Å². The number of nitrogens with zero attached hydrogens (tertiary/aromatic N) is 1. The fourth-order valence-corrected chi connectivity index (χ4v) is 1.17. The number of hydrogen-bond acceptors (Lipinski definition) is 2. The minimum atomic E-state index is -4.37. The standard InChI is InChI=1S/C10H13F3N2O/c1-9(2,3)6-4-8(16)15-7(14-6)5-10(11,12)13/h4H,5H2,1-3H3,(H,14,15,16). The quantitative estimate of drug-likeness (QED) is 0.809.